The smallest absolute Gasteiger partial charge is 0.0886 e. The summed E-state index contributed by atoms with van der Waals surface area (Å²) >= 11 is 0. The molecule has 0 saturated heterocycles. The molecule has 19 heavy (non-hydrogen) atoms. The van der Waals surface area contributed by atoms with Crippen LogP contribution in [0.2, 0.25) is 0 Å². The van der Waals surface area contributed by atoms with Gasteiger partial charge in [-0.15, -0.1) is 0 Å². The normalized spacial score (nSPS) is 16.9. The summed E-state index contributed by atoms with van der Waals surface area (Å²) < 4.78 is 12.0. The van der Waals surface area contributed by atoms with E-state index >= 15 is 0 Å². The molecule has 0 aliphatic rings. The molecule has 0 aliphatic carbocycles. The molecule has 0 fully saturated rings. The van der Waals surface area contributed by atoms with Crippen molar-refractivity contribution >= 4 is 10.8 Å². The lowest BCUT2D eigenvalue weighted by atomic mass is 9.86. The van der Waals surface area contributed by atoms with E-state index in [9.17, 15) is 9.32 Å². The predicted octanol–water partition coefficient (Wildman–Crippen LogP) is 2.15. The largest absolute Gasteiger partial charge is 0.394 e. The summed E-state index contributed by atoms with van der Waals surface area (Å²) in [5.41, 5.74) is 2.34. The van der Waals surface area contributed by atoms with Gasteiger partial charge in [0.25, 0.3) is 0 Å². The summed E-state index contributed by atoms with van der Waals surface area (Å²) in [4.78, 5) is 0. The highest BCUT2D eigenvalue weighted by Gasteiger charge is 2.18. The van der Waals surface area contributed by atoms with Crippen molar-refractivity contribution < 1.29 is 14.4 Å². The third-order valence-electron chi connectivity index (χ3n) is 3.21. The standard InChI is InChI=1S/C15H24O3S/c1-11(19(18)10-14(17)9-16)12-5-7-13(8-6-12)15(2,3)4/h5-8,11,14,16-17H,9-10H2,1-4H3/t11-,14-,19+/m1/s1. The molecule has 0 spiro atoms. The average Bonchev–Trinajstić information content (AvgIpc) is 2.36. The monoisotopic (exact) mass is 284 g/mol. The van der Waals surface area contributed by atoms with Gasteiger partial charge in [-0.3, -0.25) is 4.21 Å². The Hall–Kier alpha value is -0.710. The number of aliphatic hydroxyl groups excluding tert-OH is 2. The van der Waals surface area contributed by atoms with E-state index in [4.69, 9.17) is 5.11 Å². The highest BCUT2D eigenvalue weighted by molar-refractivity contribution is 7.85. The fraction of sp³-hybridized carbons (Fsp3) is 0.600. The molecule has 0 aliphatic heterocycles. The minimum Gasteiger partial charge on any atom is -0.394 e. The molecule has 1 aromatic rings. The van der Waals surface area contributed by atoms with Crippen molar-refractivity contribution in [3.63, 3.8) is 0 Å². The Morgan fingerprint density at radius 1 is 1.21 bits per heavy atom. The molecule has 4 heteroatoms. The molecule has 0 heterocycles. The lowest BCUT2D eigenvalue weighted by Crippen LogP contribution is -2.22. The first-order valence-electron chi connectivity index (χ1n) is 6.52. The van der Waals surface area contributed by atoms with E-state index in [2.05, 4.69) is 32.9 Å². The van der Waals surface area contributed by atoms with E-state index in [-0.39, 0.29) is 23.0 Å². The van der Waals surface area contributed by atoms with Crippen LogP contribution in [-0.4, -0.2) is 32.9 Å². The Kier molecular flexibility index (Phi) is 5.71. The Morgan fingerprint density at radius 3 is 2.16 bits per heavy atom. The first-order valence-corrected chi connectivity index (χ1v) is 7.90. The zero-order valence-electron chi connectivity index (χ0n) is 12.1. The SMILES string of the molecule is C[C@H](c1ccc(C(C)(C)C)cc1)[S@@](=O)C[C@H](O)CO. The van der Waals surface area contributed by atoms with E-state index in [1.807, 2.05) is 19.1 Å². The fourth-order valence-corrected chi connectivity index (χ4v) is 3.03. The Bertz CT molecular complexity index is 420. The van der Waals surface area contributed by atoms with Crippen molar-refractivity contribution in [3.05, 3.63) is 35.4 Å². The van der Waals surface area contributed by atoms with Crippen molar-refractivity contribution in [1.29, 1.82) is 0 Å². The molecule has 2 N–H and O–H groups in total. The number of hydrogen-bond donors (Lipinski definition) is 2. The Morgan fingerprint density at radius 2 is 1.74 bits per heavy atom. The highest BCUT2D eigenvalue weighted by atomic mass is 32.2. The van der Waals surface area contributed by atoms with Crippen LogP contribution in [0.1, 0.15) is 44.1 Å². The molecular weight excluding hydrogens is 260 g/mol. The van der Waals surface area contributed by atoms with Crippen molar-refractivity contribution in [1.82, 2.24) is 0 Å². The van der Waals surface area contributed by atoms with Gasteiger partial charge >= 0.3 is 0 Å². The van der Waals surface area contributed by atoms with Crippen LogP contribution in [-0.2, 0) is 16.2 Å². The topological polar surface area (TPSA) is 57.5 Å². The summed E-state index contributed by atoms with van der Waals surface area (Å²) in [5.74, 6) is 0.110. The second-order valence-electron chi connectivity index (χ2n) is 5.90. The van der Waals surface area contributed by atoms with E-state index < -0.39 is 16.9 Å². The fourth-order valence-electron chi connectivity index (χ4n) is 1.79. The van der Waals surface area contributed by atoms with Gasteiger partial charge < -0.3 is 10.2 Å². The molecule has 3 atom stereocenters. The average molecular weight is 284 g/mol. The predicted molar refractivity (Wildman–Crippen MR) is 79.7 cm³/mol. The van der Waals surface area contributed by atoms with Gasteiger partial charge in [0.1, 0.15) is 0 Å². The zero-order valence-corrected chi connectivity index (χ0v) is 12.9. The van der Waals surface area contributed by atoms with Gasteiger partial charge in [-0.25, -0.2) is 0 Å². The zero-order chi connectivity index (χ0) is 14.6. The third-order valence-corrected chi connectivity index (χ3v) is 4.98. The van der Waals surface area contributed by atoms with Crippen LogP contribution < -0.4 is 0 Å². The summed E-state index contributed by atoms with van der Waals surface area (Å²) in [6.45, 7) is 8.00. The second-order valence-corrected chi connectivity index (χ2v) is 7.70. The van der Waals surface area contributed by atoms with Gasteiger partial charge in [-0.05, 0) is 23.5 Å². The lowest BCUT2D eigenvalue weighted by molar-refractivity contribution is 0.113. The molecule has 0 aromatic heterocycles. The summed E-state index contributed by atoms with van der Waals surface area (Å²) in [7, 11) is -1.18. The summed E-state index contributed by atoms with van der Waals surface area (Å²) in [6.07, 6.45) is -0.905. The van der Waals surface area contributed by atoms with Crippen molar-refractivity contribution in [3.8, 4) is 0 Å². The minimum absolute atomic E-state index is 0.105. The maximum Gasteiger partial charge on any atom is 0.0886 e. The number of rotatable bonds is 5. The third kappa shape index (κ3) is 4.71. The van der Waals surface area contributed by atoms with Crippen molar-refractivity contribution in [2.45, 2.75) is 44.5 Å². The molecule has 1 rings (SSSR count). The van der Waals surface area contributed by atoms with E-state index in [1.165, 1.54) is 5.56 Å². The van der Waals surface area contributed by atoms with Crippen LogP contribution in [0.25, 0.3) is 0 Å². The number of aliphatic hydroxyl groups is 2. The first-order chi connectivity index (χ1) is 8.75. The van der Waals surface area contributed by atoms with Gasteiger partial charge in [0.15, 0.2) is 0 Å². The number of hydrogen-bond acceptors (Lipinski definition) is 3. The van der Waals surface area contributed by atoms with Crippen LogP contribution in [0.3, 0.4) is 0 Å². The Labute approximate surface area is 118 Å². The first kappa shape index (κ1) is 16.3. The van der Waals surface area contributed by atoms with Gasteiger partial charge in [0.05, 0.1) is 23.7 Å². The Balaban J connectivity index is 2.78. The van der Waals surface area contributed by atoms with Gasteiger partial charge in [0, 0.05) is 10.8 Å². The molecule has 0 saturated carbocycles. The summed E-state index contributed by atoms with van der Waals surface area (Å²) in [6, 6.07) is 8.11. The molecule has 1 aromatic carbocycles. The molecule has 0 radical (unpaired) electrons. The molecular formula is C15H24O3S. The van der Waals surface area contributed by atoms with Gasteiger partial charge in [0.2, 0.25) is 0 Å². The molecule has 108 valence electrons. The lowest BCUT2D eigenvalue weighted by Gasteiger charge is -2.20. The molecule has 3 nitrogen and oxygen atoms in total. The maximum absolute atomic E-state index is 12.0. The van der Waals surface area contributed by atoms with Crippen LogP contribution in [0.5, 0.6) is 0 Å². The quantitative estimate of drug-likeness (QED) is 0.871. The highest BCUT2D eigenvalue weighted by Crippen LogP contribution is 2.26. The van der Waals surface area contributed by atoms with Crippen LogP contribution >= 0.6 is 0 Å². The molecule has 0 unspecified atom stereocenters. The van der Waals surface area contributed by atoms with Crippen LogP contribution in [0, 0.1) is 0 Å². The van der Waals surface area contributed by atoms with Crippen LogP contribution in [0.15, 0.2) is 24.3 Å². The van der Waals surface area contributed by atoms with E-state index in [1.54, 1.807) is 0 Å². The number of benzene rings is 1. The van der Waals surface area contributed by atoms with Gasteiger partial charge in [-0.1, -0.05) is 45.0 Å². The molecule has 0 bridgehead atoms. The minimum atomic E-state index is -1.18. The second kappa shape index (κ2) is 6.64. The molecule has 0 amide bonds. The van der Waals surface area contributed by atoms with Crippen molar-refractivity contribution in [2.75, 3.05) is 12.4 Å². The van der Waals surface area contributed by atoms with Crippen molar-refractivity contribution in [2.24, 2.45) is 0 Å². The van der Waals surface area contributed by atoms with E-state index in [0.717, 1.165) is 5.56 Å². The summed E-state index contributed by atoms with van der Waals surface area (Å²) in [5, 5.41) is 18.0. The van der Waals surface area contributed by atoms with E-state index in [0.29, 0.717) is 0 Å². The van der Waals surface area contributed by atoms with Crippen LogP contribution in [0.4, 0.5) is 0 Å². The van der Waals surface area contributed by atoms with Gasteiger partial charge in [-0.2, -0.15) is 0 Å². The maximum atomic E-state index is 12.0.